The third kappa shape index (κ3) is 8.02. The Morgan fingerprint density at radius 2 is 2.00 bits per heavy atom. The van der Waals surface area contributed by atoms with Crippen LogP contribution in [0.4, 0.5) is 4.39 Å². The number of aliphatic hydroxyl groups is 1. The maximum Gasteiger partial charge on any atom is 0.243 e. The van der Waals surface area contributed by atoms with Gasteiger partial charge in [-0.15, -0.1) is 0 Å². The molecule has 3 atom stereocenters. The molecule has 2 aromatic rings. The van der Waals surface area contributed by atoms with Gasteiger partial charge in [0, 0.05) is 24.6 Å². The van der Waals surface area contributed by atoms with E-state index in [9.17, 15) is 23.9 Å². The third-order valence-corrected chi connectivity index (χ3v) is 7.59. The van der Waals surface area contributed by atoms with Crippen molar-refractivity contribution in [3.05, 3.63) is 65.0 Å². The zero-order valence-corrected chi connectivity index (χ0v) is 22.9. The van der Waals surface area contributed by atoms with E-state index in [1.54, 1.807) is 6.07 Å². The number of hydrogen-bond donors (Lipinski definition) is 5. The largest absolute Gasteiger partial charge is 0.493 e. The molecule has 1 unspecified atom stereocenters. The molecular formula is C30H39FN4O5. The predicted molar refractivity (Wildman–Crippen MR) is 148 cm³/mol. The Kier molecular flexibility index (Phi) is 9.76. The minimum Gasteiger partial charge on any atom is -0.493 e. The zero-order valence-electron chi connectivity index (χ0n) is 22.9. The topological polar surface area (TPSA) is 143 Å². The molecule has 0 spiro atoms. The number of ether oxygens (including phenoxy) is 1. The minimum atomic E-state index is -1.19. The van der Waals surface area contributed by atoms with Gasteiger partial charge in [-0.1, -0.05) is 31.2 Å². The van der Waals surface area contributed by atoms with Crippen LogP contribution in [0.15, 0.2) is 42.5 Å². The van der Waals surface area contributed by atoms with Crippen molar-refractivity contribution in [1.29, 1.82) is 0 Å². The van der Waals surface area contributed by atoms with Crippen LogP contribution < -0.4 is 26.4 Å². The van der Waals surface area contributed by atoms with E-state index in [4.69, 9.17) is 10.5 Å². The molecule has 1 aliphatic carbocycles. The van der Waals surface area contributed by atoms with Crippen LogP contribution in [0.25, 0.3) is 0 Å². The van der Waals surface area contributed by atoms with Crippen molar-refractivity contribution >= 4 is 17.7 Å². The van der Waals surface area contributed by atoms with Gasteiger partial charge in [0.05, 0.1) is 25.2 Å². The van der Waals surface area contributed by atoms with E-state index in [-0.39, 0.29) is 38.0 Å². The molecule has 1 heterocycles. The summed E-state index contributed by atoms with van der Waals surface area (Å²) >= 11 is 0. The summed E-state index contributed by atoms with van der Waals surface area (Å²) in [5.74, 6) is -1.94. The highest BCUT2D eigenvalue weighted by molar-refractivity contribution is 5.91. The maximum absolute atomic E-state index is 14.5. The SMILES string of the molecule is CCc1cccc(C2(NC[C@@H](O)[C@@H]3Cc4cc(F)cc(c4)OCCCCC(=O)NC(CC(N)=O)C(=O)N3)CC2)c1. The molecule has 2 aromatic carbocycles. The van der Waals surface area contributed by atoms with Crippen molar-refractivity contribution < 1.29 is 28.6 Å². The highest BCUT2D eigenvalue weighted by Gasteiger charge is 2.44. The lowest BCUT2D eigenvalue weighted by atomic mass is 9.98. The number of nitrogens with two attached hydrogens (primary N) is 1. The summed E-state index contributed by atoms with van der Waals surface area (Å²) in [6.07, 6.45) is 2.55. The number of primary amides is 1. The summed E-state index contributed by atoms with van der Waals surface area (Å²) in [5, 5.41) is 20.2. The minimum absolute atomic E-state index is 0.0955. The van der Waals surface area contributed by atoms with Gasteiger partial charge in [0.2, 0.25) is 17.7 Å². The van der Waals surface area contributed by atoms with E-state index in [1.165, 1.54) is 17.7 Å². The molecule has 1 aliphatic heterocycles. The molecule has 0 radical (unpaired) electrons. The molecule has 3 amide bonds. The number of rotatable bonds is 8. The second-order valence-corrected chi connectivity index (χ2v) is 10.8. The van der Waals surface area contributed by atoms with Gasteiger partial charge < -0.3 is 31.5 Å². The highest BCUT2D eigenvalue weighted by atomic mass is 19.1. The van der Waals surface area contributed by atoms with Gasteiger partial charge in [-0.2, -0.15) is 0 Å². The Bertz CT molecular complexity index is 1220. The van der Waals surface area contributed by atoms with Crippen molar-refractivity contribution in [2.75, 3.05) is 13.2 Å². The van der Waals surface area contributed by atoms with Crippen molar-refractivity contribution in [3.63, 3.8) is 0 Å². The zero-order chi connectivity index (χ0) is 28.7. The fourth-order valence-corrected chi connectivity index (χ4v) is 5.12. The fraction of sp³-hybridized carbons (Fsp3) is 0.500. The van der Waals surface area contributed by atoms with Crippen molar-refractivity contribution in [2.24, 2.45) is 5.73 Å². The Hall–Kier alpha value is -3.50. The molecule has 2 aliphatic rings. The normalized spacial score (nSPS) is 22.1. The monoisotopic (exact) mass is 554 g/mol. The Labute approximate surface area is 234 Å². The Balaban J connectivity index is 1.56. The first kappa shape index (κ1) is 29.5. The smallest absolute Gasteiger partial charge is 0.243 e. The number of aryl methyl sites for hydroxylation is 1. The average Bonchev–Trinajstić information content (AvgIpc) is 3.71. The molecule has 0 aromatic heterocycles. The summed E-state index contributed by atoms with van der Waals surface area (Å²) in [4.78, 5) is 37.4. The first-order valence-electron chi connectivity index (χ1n) is 14.0. The molecule has 40 heavy (non-hydrogen) atoms. The summed E-state index contributed by atoms with van der Waals surface area (Å²) in [6.45, 7) is 2.55. The molecule has 2 bridgehead atoms. The second kappa shape index (κ2) is 13.2. The van der Waals surface area contributed by atoms with Crippen LogP contribution in [0.3, 0.4) is 0 Å². The lowest BCUT2D eigenvalue weighted by Gasteiger charge is -2.29. The highest BCUT2D eigenvalue weighted by Crippen LogP contribution is 2.45. The van der Waals surface area contributed by atoms with Crippen molar-refractivity contribution in [2.45, 2.75) is 82.0 Å². The number of aliphatic hydroxyl groups excluding tert-OH is 1. The van der Waals surface area contributed by atoms with E-state index < -0.39 is 41.7 Å². The predicted octanol–water partition coefficient (Wildman–Crippen LogP) is 1.98. The molecular weight excluding hydrogens is 515 g/mol. The second-order valence-electron chi connectivity index (χ2n) is 10.8. The van der Waals surface area contributed by atoms with Crippen molar-refractivity contribution in [3.8, 4) is 5.75 Å². The lowest BCUT2D eigenvalue weighted by Crippen LogP contribution is -2.56. The quantitative estimate of drug-likeness (QED) is 0.338. The van der Waals surface area contributed by atoms with E-state index in [2.05, 4.69) is 41.1 Å². The molecule has 4 rings (SSSR count). The van der Waals surface area contributed by atoms with E-state index in [0.29, 0.717) is 24.2 Å². The van der Waals surface area contributed by atoms with Gasteiger partial charge in [-0.05, 0) is 67.3 Å². The van der Waals surface area contributed by atoms with E-state index in [1.807, 2.05) is 6.07 Å². The van der Waals surface area contributed by atoms with Gasteiger partial charge >= 0.3 is 0 Å². The average molecular weight is 555 g/mol. The lowest BCUT2D eigenvalue weighted by molar-refractivity contribution is -0.132. The van der Waals surface area contributed by atoms with E-state index >= 15 is 0 Å². The first-order valence-corrected chi connectivity index (χ1v) is 14.0. The van der Waals surface area contributed by atoms with Crippen LogP contribution in [0.1, 0.15) is 62.1 Å². The van der Waals surface area contributed by atoms with Crippen LogP contribution in [-0.4, -0.2) is 54.2 Å². The van der Waals surface area contributed by atoms with Crippen molar-refractivity contribution in [1.82, 2.24) is 16.0 Å². The van der Waals surface area contributed by atoms with Crippen LogP contribution in [0.2, 0.25) is 0 Å². The van der Waals surface area contributed by atoms with Gasteiger partial charge in [0.25, 0.3) is 0 Å². The molecule has 0 saturated heterocycles. The molecule has 9 nitrogen and oxygen atoms in total. The number of fused-ring (bicyclic) bond motifs is 2. The Morgan fingerprint density at radius 1 is 1.20 bits per heavy atom. The third-order valence-electron chi connectivity index (χ3n) is 7.59. The standard InChI is InChI=1S/C30H39FN4O5/c1-2-19-6-5-7-21(12-19)30(9-10-30)33-18-26(36)24-15-20-13-22(31)16-23(14-20)40-11-4-3-8-28(38)34-25(17-27(32)37)29(39)35-24/h5-7,12-14,16,24-26,33,36H,2-4,8-11,15,17-18H2,1H3,(H2,32,37)(H,34,38)(H,35,39)/t24-,25?,26+/m0/s1. The molecule has 6 N–H and O–H groups in total. The summed E-state index contributed by atoms with van der Waals surface area (Å²) < 4.78 is 20.2. The van der Waals surface area contributed by atoms with Crippen LogP contribution in [-0.2, 0) is 32.8 Å². The fourth-order valence-electron chi connectivity index (χ4n) is 5.12. The van der Waals surface area contributed by atoms with E-state index in [0.717, 1.165) is 24.8 Å². The Morgan fingerprint density at radius 3 is 2.73 bits per heavy atom. The molecule has 216 valence electrons. The van der Waals surface area contributed by atoms with Gasteiger partial charge in [-0.25, -0.2) is 4.39 Å². The number of benzene rings is 2. The molecule has 10 heteroatoms. The van der Waals surface area contributed by atoms with Gasteiger partial charge in [0.15, 0.2) is 0 Å². The number of halogens is 1. The number of hydrogen-bond acceptors (Lipinski definition) is 6. The summed E-state index contributed by atoms with van der Waals surface area (Å²) in [7, 11) is 0. The summed E-state index contributed by atoms with van der Waals surface area (Å²) in [6, 6.07) is 10.6. The number of carbonyl (C=O) groups excluding carboxylic acids is 3. The number of nitrogens with one attached hydrogen (secondary N) is 3. The number of carbonyl (C=O) groups is 3. The number of amides is 3. The van der Waals surface area contributed by atoms with Gasteiger partial charge in [0.1, 0.15) is 17.6 Å². The molecule has 1 fully saturated rings. The van der Waals surface area contributed by atoms with Crippen LogP contribution in [0, 0.1) is 5.82 Å². The first-order chi connectivity index (χ1) is 19.2. The van der Waals surface area contributed by atoms with Crippen LogP contribution in [0.5, 0.6) is 5.75 Å². The maximum atomic E-state index is 14.5. The van der Waals surface area contributed by atoms with Gasteiger partial charge in [-0.3, -0.25) is 14.4 Å². The molecule has 1 saturated carbocycles. The summed E-state index contributed by atoms with van der Waals surface area (Å²) in [5.41, 5.74) is 8.02. The van der Waals surface area contributed by atoms with Crippen LogP contribution >= 0.6 is 0 Å².